The molecule has 0 N–H and O–H groups in total. The molecule has 0 saturated carbocycles. The van der Waals surface area contributed by atoms with E-state index in [4.69, 9.17) is 4.74 Å². The summed E-state index contributed by atoms with van der Waals surface area (Å²) in [6.07, 6.45) is 18.1. The van der Waals surface area contributed by atoms with Crippen molar-refractivity contribution in [2.75, 3.05) is 24.6 Å². The molecule has 0 aromatic heterocycles. The van der Waals surface area contributed by atoms with Crippen LogP contribution in [0.1, 0.15) is 106 Å². The molecule has 0 fully saturated rings. The van der Waals surface area contributed by atoms with Crippen molar-refractivity contribution >= 4 is 25.0 Å². The Morgan fingerprint density at radius 2 is 1.39 bits per heavy atom. The van der Waals surface area contributed by atoms with Crippen LogP contribution in [-0.4, -0.2) is 41.5 Å². The van der Waals surface area contributed by atoms with E-state index in [9.17, 15) is 4.79 Å². The average Bonchev–Trinajstić information content (AvgIpc) is 2.79. The molecule has 192 valence electrons. The molecule has 33 heavy (non-hydrogen) atoms. The van der Waals surface area contributed by atoms with E-state index in [0.717, 1.165) is 6.42 Å². The summed E-state index contributed by atoms with van der Waals surface area (Å²) in [5, 5.41) is 0. The summed E-state index contributed by atoms with van der Waals surface area (Å²) < 4.78 is 5.51. The van der Waals surface area contributed by atoms with Crippen LogP contribution < -0.4 is 0 Å². The molecule has 0 aliphatic heterocycles. The number of ether oxygens (including phenoxy) is 1. The fraction of sp³-hybridized carbons (Fsp3) is 0.759. The van der Waals surface area contributed by atoms with E-state index in [1.807, 2.05) is 25.6 Å². The second kappa shape index (κ2) is 17.0. The fourth-order valence-electron chi connectivity index (χ4n) is 4.93. The third kappa shape index (κ3) is 13.2. The summed E-state index contributed by atoms with van der Waals surface area (Å²) >= 11 is 1.96. The SMILES string of the molecule is CCCC[PH](CCCC)(CCCC)CCCC(C)(CCC(=O)OC(C)C)Sc1ccccc1. The standard InChI is InChI=1S/C29H53O2PS/c1-7-10-22-32(23-11-8-2,24-12-9-3)25-16-20-29(6,21-19-28(30)31-26(4)5)33-27-17-14-13-15-18-27/h13-15,17-18,26,32H,7-12,16,19-25H2,1-6H3. The van der Waals surface area contributed by atoms with Crippen LogP contribution in [-0.2, 0) is 9.53 Å². The van der Waals surface area contributed by atoms with Crippen molar-refractivity contribution in [1.29, 1.82) is 0 Å². The van der Waals surface area contributed by atoms with Gasteiger partial charge < -0.3 is 0 Å². The summed E-state index contributed by atoms with van der Waals surface area (Å²) in [4.78, 5) is 13.6. The Hall–Kier alpha value is -0.530. The molecule has 1 rings (SSSR count). The first-order chi connectivity index (χ1) is 15.8. The Morgan fingerprint density at radius 3 is 1.88 bits per heavy atom. The third-order valence-corrected chi connectivity index (χ3v) is 14.0. The molecule has 0 spiro atoms. The number of hydrogen-bond donors (Lipinski definition) is 0. The van der Waals surface area contributed by atoms with Crippen molar-refractivity contribution in [2.45, 2.75) is 121 Å². The fourth-order valence-corrected chi connectivity index (χ4v) is 12.0. The Balaban J connectivity index is 2.90. The van der Waals surface area contributed by atoms with Gasteiger partial charge in [-0.15, -0.1) is 0 Å². The van der Waals surface area contributed by atoms with Crippen molar-refractivity contribution < 1.29 is 9.53 Å². The van der Waals surface area contributed by atoms with Gasteiger partial charge in [0.2, 0.25) is 0 Å². The zero-order valence-electron chi connectivity index (χ0n) is 22.6. The first-order valence-corrected chi connectivity index (χ1v) is 17.4. The molecule has 1 aromatic carbocycles. The summed E-state index contributed by atoms with van der Waals surface area (Å²) in [5.74, 6) is -0.0533. The molecule has 0 heterocycles. The monoisotopic (exact) mass is 496 g/mol. The van der Waals surface area contributed by atoms with E-state index in [-0.39, 0.29) is 16.8 Å². The van der Waals surface area contributed by atoms with Crippen LogP contribution >= 0.6 is 19.0 Å². The van der Waals surface area contributed by atoms with Crippen LogP contribution in [0.4, 0.5) is 0 Å². The molecule has 0 radical (unpaired) electrons. The topological polar surface area (TPSA) is 26.3 Å². The minimum absolute atomic E-state index is 0.0344. The molecule has 0 saturated heterocycles. The minimum atomic E-state index is -1.22. The van der Waals surface area contributed by atoms with E-state index in [1.165, 1.54) is 80.9 Å². The first-order valence-electron chi connectivity index (χ1n) is 13.7. The molecule has 0 aliphatic rings. The average molecular weight is 497 g/mol. The Kier molecular flexibility index (Phi) is 15.7. The predicted molar refractivity (Wildman–Crippen MR) is 153 cm³/mol. The number of rotatable bonds is 19. The van der Waals surface area contributed by atoms with Gasteiger partial charge in [-0.3, -0.25) is 0 Å². The Bertz CT molecular complexity index is 612. The Morgan fingerprint density at radius 1 is 0.879 bits per heavy atom. The van der Waals surface area contributed by atoms with Gasteiger partial charge >= 0.3 is 211 Å². The number of carbonyl (C=O) groups excluding carboxylic acids is 1. The second-order valence-electron chi connectivity index (χ2n) is 10.6. The molecule has 4 heteroatoms. The summed E-state index contributed by atoms with van der Waals surface area (Å²) in [6.45, 7) is 13.3. The molecule has 0 aliphatic carbocycles. The quantitative estimate of drug-likeness (QED) is 0.108. The molecular formula is C29H53O2PS. The molecule has 2 nitrogen and oxygen atoms in total. The normalized spacial score (nSPS) is 14.3. The summed E-state index contributed by atoms with van der Waals surface area (Å²) in [7, 11) is -1.22. The van der Waals surface area contributed by atoms with Gasteiger partial charge in [0, 0.05) is 0 Å². The zero-order valence-corrected chi connectivity index (χ0v) is 24.4. The molecule has 0 amide bonds. The van der Waals surface area contributed by atoms with Gasteiger partial charge in [0.25, 0.3) is 0 Å². The van der Waals surface area contributed by atoms with E-state index in [0.29, 0.717) is 6.42 Å². The van der Waals surface area contributed by atoms with Crippen molar-refractivity contribution in [1.82, 2.24) is 0 Å². The van der Waals surface area contributed by atoms with Crippen molar-refractivity contribution in [3.8, 4) is 0 Å². The van der Waals surface area contributed by atoms with Crippen LogP contribution in [0, 0.1) is 0 Å². The first kappa shape index (κ1) is 30.5. The van der Waals surface area contributed by atoms with Crippen LogP contribution in [0.2, 0.25) is 0 Å². The summed E-state index contributed by atoms with van der Waals surface area (Å²) in [5.41, 5.74) is 0. The number of carbonyl (C=O) groups is 1. The number of benzene rings is 1. The van der Waals surface area contributed by atoms with Gasteiger partial charge in [0.15, 0.2) is 0 Å². The molecular weight excluding hydrogens is 443 g/mol. The van der Waals surface area contributed by atoms with Crippen molar-refractivity contribution in [3.05, 3.63) is 30.3 Å². The molecule has 1 aromatic rings. The van der Waals surface area contributed by atoms with Crippen LogP contribution in [0.5, 0.6) is 0 Å². The predicted octanol–water partition coefficient (Wildman–Crippen LogP) is 9.20. The van der Waals surface area contributed by atoms with E-state index in [2.05, 4.69) is 58.0 Å². The van der Waals surface area contributed by atoms with Crippen LogP contribution in [0.25, 0.3) is 0 Å². The summed E-state index contributed by atoms with van der Waals surface area (Å²) in [6, 6.07) is 10.7. The van der Waals surface area contributed by atoms with Crippen molar-refractivity contribution in [2.24, 2.45) is 0 Å². The van der Waals surface area contributed by atoms with Gasteiger partial charge in [-0.05, 0) is 0 Å². The molecule has 1 unspecified atom stereocenters. The van der Waals surface area contributed by atoms with Crippen molar-refractivity contribution in [3.63, 3.8) is 0 Å². The van der Waals surface area contributed by atoms with Crippen LogP contribution in [0.3, 0.4) is 0 Å². The molecule has 1 atom stereocenters. The molecule has 0 bridgehead atoms. The Labute approximate surface area is 210 Å². The van der Waals surface area contributed by atoms with Crippen LogP contribution in [0.15, 0.2) is 35.2 Å². The van der Waals surface area contributed by atoms with Gasteiger partial charge in [0.05, 0.1) is 0 Å². The number of hydrogen-bond acceptors (Lipinski definition) is 3. The van der Waals surface area contributed by atoms with E-state index in [1.54, 1.807) is 0 Å². The van der Waals surface area contributed by atoms with Gasteiger partial charge in [-0.25, -0.2) is 0 Å². The van der Waals surface area contributed by atoms with Gasteiger partial charge in [-0.2, -0.15) is 0 Å². The number of esters is 1. The zero-order chi connectivity index (χ0) is 24.6. The van der Waals surface area contributed by atoms with Gasteiger partial charge in [-0.1, -0.05) is 0 Å². The maximum atomic E-state index is 12.3. The third-order valence-electron chi connectivity index (χ3n) is 6.93. The van der Waals surface area contributed by atoms with E-state index >= 15 is 0 Å². The maximum absolute atomic E-state index is 12.3. The van der Waals surface area contributed by atoms with Gasteiger partial charge in [0.1, 0.15) is 0 Å². The number of thioether (sulfide) groups is 1. The number of unbranched alkanes of at least 4 members (excludes halogenated alkanes) is 3. The second-order valence-corrected chi connectivity index (χ2v) is 17.2. The van der Waals surface area contributed by atoms with E-state index < -0.39 is 7.26 Å².